The van der Waals surface area contributed by atoms with Crippen molar-refractivity contribution in [3.8, 4) is 0 Å². The van der Waals surface area contributed by atoms with Crippen molar-refractivity contribution in [2.45, 2.75) is 122 Å². The fourth-order valence-electron chi connectivity index (χ4n) is 3.49. The first kappa shape index (κ1) is 29.4. The molecular weight excluding hydrogens is 380 g/mol. The Morgan fingerprint density at radius 1 is 0.733 bits per heavy atom. The van der Waals surface area contributed by atoms with Crippen molar-refractivity contribution < 1.29 is 24.1 Å². The van der Waals surface area contributed by atoms with Gasteiger partial charge in [0.25, 0.3) is 0 Å². The van der Waals surface area contributed by atoms with E-state index in [-0.39, 0.29) is 18.7 Å². The Hall–Kier alpha value is -0.650. The number of carbonyl (C=O) groups is 1. The van der Waals surface area contributed by atoms with E-state index >= 15 is 0 Å². The molecule has 0 aliphatic heterocycles. The third-order valence-corrected chi connectivity index (χ3v) is 5.51. The number of aliphatic hydroxyl groups excluding tert-OH is 1. The molecule has 1 unspecified atom stereocenters. The fourth-order valence-corrected chi connectivity index (χ4v) is 3.49. The number of esters is 1. The number of hydrogen-bond donors (Lipinski definition) is 1. The lowest BCUT2D eigenvalue weighted by Crippen LogP contribution is -2.24. The van der Waals surface area contributed by atoms with Gasteiger partial charge >= 0.3 is 5.97 Å². The van der Waals surface area contributed by atoms with Gasteiger partial charge in [-0.3, -0.25) is 4.79 Å². The van der Waals surface area contributed by atoms with E-state index in [1.807, 2.05) is 0 Å². The van der Waals surface area contributed by atoms with Crippen molar-refractivity contribution in [1.29, 1.82) is 0 Å². The van der Waals surface area contributed by atoms with Crippen molar-refractivity contribution >= 4 is 5.97 Å². The summed E-state index contributed by atoms with van der Waals surface area (Å²) in [5.41, 5.74) is 0. The Morgan fingerprint density at radius 3 is 1.73 bits per heavy atom. The van der Waals surface area contributed by atoms with Gasteiger partial charge in [-0.05, 0) is 19.3 Å². The molecule has 1 N–H and O–H groups in total. The van der Waals surface area contributed by atoms with E-state index in [0.717, 1.165) is 25.9 Å². The molecule has 0 rings (SSSR count). The first-order chi connectivity index (χ1) is 14.7. The van der Waals surface area contributed by atoms with Crippen LogP contribution in [0.15, 0.2) is 0 Å². The molecule has 0 radical (unpaired) electrons. The van der Waals surface area contributed by atoms with E-state index in [1.165, 1.54) is 90.6 Å². The molecule has 5 heteroatoms. The van der Waals surface area contributed by atoms with Crippen molar-refractivity contribution in [2.24, 2.45) is 0 Å². The molecule has 0 saturated heterocycles. The zero-order valence-corrected chi connectivity index (χ0v) is 20.0. The molecule has 30 heavy (non-hydrogen) atoms. The maximum Gasteiger partial charge on any atom is 0.305 e. The average Bonchev–Trinajstić information content (AvgIpc) is 2.76. The highest BCUT2D eigenvalue weighted by Crippen LogP contribution is 2.13. The molecule has 0 aromatic rings. The zero-order chi connectivity index (χ0) is 22.1. The highest BCUT2D eigenvalue weighted by Gasteiger charge is 2.08. The summed E-state index contributed by atoms with van der Waals surface area (Å²) in [6, 6.07) is 0. The summed E-state index contributed by atoms with van der Waals surface area (Å²) in [4.78, 5) is 11.0. The Kier molecular flexibility index (Phi) is 24.1. The van der Waals surface area contributed by atoms with Gasteiger partial charge in [0.2, 0.25) is 0 Å². The van der Waals surface area contributed by atoms with E-state index in [2.05, 4.69) is 11.7 Å². The lowest BCUT2D eigenvalue weighted by atomic mass is 10.0. The maximum atomic E-state index is 11.0. The van der Waals surface area contributed by atoms with Gasteiger partial charge in [-0.25, -0.2) is 0 Å². The van der Waals surface area contributed by atoms with Crippen molar-refractivity contribution in [3.05, 3.63) is 0 Å². The highest BCUT2D eigenvalue weighted by molar-refractivity contribution is 5.68. The van der Waals surface area contributed by atoms with Crippen LogP contribution < -0.4 is 0 Å². The number of hydrogen-bond acceptors (Lipinski definition) is 5. The minimum absolute atomic E-state index is 0.0320. The molecule has 1 atom stereocenters. The normalized spacial score (nSPS) is 12.2. The Bertz CT molecular complexity index is 348. The van der Waals surface area contributed by atoms with E-state index in [1.54, 1.807) is 0 Å². The first-order valence-electron chi connectivity index (χ1n) is 12.6. The number of ether oxygens (including phenoxy) is 3. The largest absolute Gasteiger partial charge is 0.469 e. The average molecular weight is 431 g/mol. The van der Waals surface area contributed by atoms with Crippen molar-refractivity contribution in [1.82, 2.24) is 0 Å². The van der Waals surface area contributed by atoms with Crippen LogP contribution in [0.25, 0.3) is 0 Å². The smallest absolute Gasteiger partial charge is 0.305 e. The van der Waals surface area contributed by atoms with E-state index < -0.39 is 0 Å². The predicted molar refractivity (Wildman–Crippen MR) is 124 cm³/mol. The number of unbranched alkanes of at least 4 members (excludes halogenated alkanes) is 14. The molecule has 180 valence electrons. The first-order valence-corrected chi connectivity index (χ1v) is 12.6. The summed E-state index contributed by atoms with van der Waals surface area (Å²) in [5, 5.41) is 9.36. The van der Waals surface area contributed by atoms with Gasteiger partial charge in [0.05, 0.1) is 20.3 Å². The molecule has 0 spiro atoms. The highest BCUT2D eigenvalue weighted by atomic mass is 16.5. The van der Waals surface area contributed by atoms with Gasteiger partial charge in [-0.2, -0.15) is 0 Å². The van der Waals surface area contributed by atoms with Gasteiger partial charge < -0.3 is 19.3 Å². The molecule has 5 nitrogen and oxygen atoms in total. The van der Waals surface area contributed by atoms with Crippen LogP contribution in [0.1, 0.15) is 116 Å². The summed E-state index contributed by atoms with van der Waals surface area (Å²) in [6.07, 6.45) is 20.6. The fraction of sp³-hybridized carbons (Fsp3) is 0.960. The van der Waals surface area contributed by atoms with E-state index in [4.69, 9.17) is 9.47 Å². The lowest BCUT2D eigenvalue weighted by molar-refractivity contribution is -0.140. The Labute approximate surface area is 186 Å². The van der Waals surface area contributed by atoms with Crippen molar-refractivity contribution in [2.75, 3.05) is 33.5 Å². The molecular formula is C25H50O5. The quantitative estimate of drug-likeness (QED) is 0.146. The van der Waals surface area contributed by atoms with Crippen LogP contribution in [-0.4, -0.2) is 50.7 Å². The second-order valence-electron chi connectivity index (χ2n) is 8.38. The van der Waals surface area contributed by atoms with Gasteiger partial charge in [-0.1, -0.05) is 90.4 Å². The molecule has 0 aromatic heterocycles. The number of rotatable bonds is 24. The van der Waals surface area contributed by atoms with Crippen LogP contribution in [0.3, 0.4) is 0 Å². The summed E-state index contributed by atoms with van der Waals surface area (Å²) in [7, 11) is 1.40. The summed E-state index contributed by atoms with van der Waals surface area (Å²) in [5.74, 6) is -0.190. The number of aliphatic hydroxyl groups is 1. The number of methoxy groups -OCH3 is 1. The molecule has 0 fully saturated rings. The predicted octanol–water partition coefficient (Wildman–Crippen LogP) is 6.21. The van der Waals surface area contributed by atoms with Crippen LogP contribution in [-0.2, 0) is 19.0 Å². The van der Waals surface area contributed by atoms with Crippen LogP contribution in [0.4, 0.5) is 0 Å². The molecule has 0 amide bonds. The SMILES string of the molecule is CCCCCCCCCCCCCCCCOCC(CO)OCCCCC(=O)OC. The standard InChI is InChI=1S/C25H50O5/c1-3-4-5-6-7-8-9-10-11-12-13-14-15-17-20-29-23-24(22-26)30-21-18-16-19-25(27)28-2/h24,26H,3-23H2,1-2H3. The molecule has 0 aromatic carbocycles. The second-order valence-corrected chi connectivity index (χ2v) is 8.38. The zero-order valence-electron chi connectivity index (χ0n) is 20.0. The minimum atomic E-state index is -0.269. The molecule has 0 aliphatic rings. The Balaban J connectivity index is 3.27. The topological polar surface area (TPSA) is 65.0 Å². The summed E-state index contributed by atoms with van der Waals surface area (Å²) >= 11 is 0. The molecule has 0 bridgehead atoms. The minimum Gasteiger partial charge on any atom is -0.469 e. The van der Waals surface area contributed by atoms with Crippen LogP contribution >= 0.6 is 0 Å². The Morgan fingerprint density at radius 2 is 1.23 bits per heavy atom. The van der Waals surface area contributed by atoms with Crippen LogP contribution in [0, 0.1) is 0 Å². The van der Waals surface area contributed by atoms with Gasteiger partial charge in [0, 0.05) is 19.6 Å². The third-order valence-electron chi connectivity index (χ3n) is 5.51. The van der Waals surface area contributed by atoms with Gasteiger partial charge in [-0.15, -0.1) is 0 Å². The maximum absolute atomic E-state index is 11.0. The monoisotopic (exact) mass is 430 g/mol. The van der Waals surface area contributed by atoms with Crippen LogP contribution in [0.2, 0.25) is 0 Å². The second kappa shape index (κ2) is 24.6. The molecule has 0 heterocycles. The third kappa shape index (κ3) is 22.0. The van der Waals surface area contributed by atoms with Gasteiger partial charge in [0.15, 0.2) is 0 Å². The summed E-state index contributed by atoms with van der Waals surface area (Å²) < 4.78 is 15.9. The lowest BCUT2D eigenvalue weighted by Gasteiger charge is -2.15. The summed E-state index contributed by atoms with van der Waals surface area (Å²) in [6.45, 7) is 3.95. The van der Waals surface area contributed by atoms with E-state index in [9.17, 15) is 9.90 Å². The molecule has 0 aliphatic carbocycles. The molecule has 0 saturated carbocycles. The van der Waals surface area contributed by atoms with Crippen molar-refractivity contribution in [3.63, 3.8) is 0 Å². The van der Waals surface area contributed by atoms with E-state index in [0.29, 0.717) is 19.6 Å². The van der Waals surface area contributed by atoms with Gasteiger partial charge in [0.1, 0.15) is 6.10 Å². The number of carbonyl (C=O) groups excluding carboxylic acids is 1. The van der Waals surface area contributed by atoms with Crippen LogP contribution in [0.5, 0.6) is 0 Å².